The van der Waals surface area contributed by atoms with Gasteiger partial charge in [-0.05, 0) is 48.7 Å². The Morgan fingerprint density at radius 1 is 1.11 bits per heavy atom. The van der Waals surface area contributed by atoms with Crippen LogP contribution in [0, 0.1) is 0 Å². The average molecular weight is 314 g/mol. The summed E-state index contributed by atoms with van der Waals surface area (Å²) in [6.07, 6.45) is 1.94. The summed E-state index contributed by atoms with van der Waals surface area (Å²) in [5, 5.41) is 0.484. The van der Waals surface area contributed by atoms with Crippen LogP contribution in [0.2, 0.25) is 5.02 Å². The molecule has 0 aliphatic rings. The number of anilines is 1. The van der Waals surface area contributed by atoms with Gasteiger partial charge in [0, 0.05) is 9.92 Å². The van der Waals surface area contributed by atoms with Crippen molar-refractivity contribution in [3.05, 3.63) is 53.6 Å². The van der Waals surface area contributed by atoms with Crippen molar-refractivity contribution in [1.82, 2.24) is 0 Å². The molecule has 2 rings (SSSR count). The maximum absolute atomic E-state index is 12.2. The Labute approximate surface area is 122 Å². The fourth-order valence-corrected chi connectivity index (χ4v) is 3.17. The van der Waals surface area contributed by atoms with Gasteiger partial charge in [0.1, 0.15) is 0 Å². The van der Waals surface area contributed by atoms with Gasteiger partial charge >= 0.3 is 0 Å². The first kappa shape index (κ1) is 14.2. The maximum atomic E-state index is 12.2. The van der Waals surface area contributed by atoms with Crippen LogP contribution >= 0.6 is 23.4 Å². The largest absolute Gasteiger partial charge is 0.280 e. The minimum atomic E-state index is -3.57. The number of nitrogens with one attached hydrogen (secondary N) is 1. The molecule has 6 heteroatoms. The summed E-state index contributed by atoms with van der Waals surface area (Å²) in [6.45, 7) is 0. The van der Waals surface area contributed by atoms with E-state index in [4.69, 9.17) is 11.6 Å². The second-order valence-corrected chi connectivity index (χ2v) is 6.79. The first-order valence-corrected chi connectivity index (χ1v) is 8.52. The Bertz CT molecular complexity index is 669. The van der Waals surface area contributed by atoms with Crippen molar-refractivity contribution in [1.29, 1.82) is 0 Å². The summed E-state index contributed by atoms with van der Waals surface area (Å²) in [4.78, 5) is 1.24. The minimum absolute atomic E-state index is 0.227. The van der Waals surface area contributed by atoms with E-state index in [1.807, 2.05) is 6.26 Å². The second-order valence-electron chi connectivity index (χ2n) is 3.79. The van der Waals surface area contributed by atoms with E-state index in [0.717, 1.165) is 4.90 Å². The van der Waals surface area contributed by atoms with Crippen LogP contribution in [-0.2, 0) is 10.0 Å². The third-order valence-corrected chi connectivity index (χ3v) is 4.82. The van der Waals surface area contributed by atoms with Gasteiger partial charge in [0.15, 0.2) is 0 Å². The van der Waals surface area contributed by atoms with E-state index in [2.05, 4.69) is 4.72 Å². The Morgan fingerprint density at radius 2 is 1.79 bits per heavy atom. The van der Waals surface area contributed by atoms with Gasteiger partial charge in [-0.3, -0.25) is 4.72 Å². The van der Waals surface area contributed by atoms with Crippen molar-refractivity contribution in [3.8, 4) is 0 Å². The van der Waals surface area contributed by atoms with Crippen LogP contribution in [0.5, 0.6) is 0 Å². The van der Waals surface area contributed by atoms with Crippen molar-refractivity contribution in [2.24, 2.45) is 0 Å². The number of hydrogen-bond acceptors (Lipinski definition) is 3. The smallest absolute Gasteiger partial charge is 0.261 e. The molecule has 3 nitrogen and oxygen atoms in total. The van der Waals surface area contributed by atoms with Crippen molar-refractivity contribution in [3.63, 3.8) is 0 Å². The fraction of sp³-hybridized carbons (Fsp3) is 0.0769. The third-order valence-electron chi connectivity index (χ3n) is 2.45. The van der Waals surface area contributed by atoms with Crippen LogP contribution in [0.25, 0.3) is 0 Å². The Morgan fingerprint density at radius 3 is 2.37 bits per heavy atom. The molecule has 0 aliphatic heterocycles. The quantitative estimate of drug-likeness (QED) is 0.872. The van der Waals surface area contributed by atoms with Crippen molar-refractivity contribution in [2.75, 3.05) is 11.0 Å². The van der Waals surface area contributed by atoms with Gasteiger partial charge in [0.2, 0.25) is 0 Å². The van der Waals surface area contributed by atoms with Crippen LogP contribution in [0.3, 0.4) is 0 Å². The molecule has 0 heterocycles. The normalized spacial score (nSPS) is 11.3. The molecular formula is C13H12ClNO2S2. The van der Waals surface area contributed by atoms with Crippen LogP contribution < -0.4 is 4.72 Å². The number of hydrogen-bond donors (Lipinski definition) is 1. The van der Waals surface area contributed by atoms with Gasteiger partial charge in [0.05, 0.1) is 10.6 Å². The maximum Gasteiger partial charge on any atom is 0.261 e. The predicted octanol–water partition coefficient (Wildman–Crippen LogP) is 3.86. The molecular weight excluding hydrogens is 302 g/mol. The SMILES string of the molecule is CSc1ccc(S(=O)(=O)Nc2cccc(Cl)c2)cc1. The Balaban J connectivity index is 2.27. The van der Waals surface area contributed by atoms with E-state index in [1.165, 1.54) is 0 Å². The molecule has 1 N–H and O–H groups in total. The lowest BCUT2D eigenvalue weighted by molar-refractivity contribution is 0.601. The van der Waals surface area contributed by atoms with Gasteiger partial charge < -0.3 is 0 Å². The summed E-state index contributed by atoms with van der Waals surface area (Å²) < 4.78 is 26.8. The highest BCUT2D eigenvalue weighted by Crippen LogP contribution is 2.21. The first-order valence-electron chi connectivity index (χ1n) is 5.44. The van der Waals surface area contributed by atoms with E-state index < -0.39 is 10.0 Å². The summed E-state index contributed by atoms with van der Waals surface area (Å²) in [5.74, 6) is 0. The fourth-order valence-electron chi connectivity index (χ4n) is 1.52. The second kappa shape index (κ2) is 5.86. The molecule has 2 aromatic carbocycles. The van der Waals surface area contributed by atoms with Crippen molar-refractivity contribution < 1.29 is 8.42 Å². The van der Waals surface area contributed by atoms with Gasteiger partial charge in [-0.2, -0.15) is 0 Å². The molecule has 0 atom stereocenters. The lowest BCUT2D eigenvalue weighted by atomic mass is 10.3. The number of halogens is 1. The summed E-state index contributed by atoms with van der Waals surface area (Å²) in [7, 11) is -3.57. The third kappa shape index (κ3) is 3.65. The predicted molar refractivity (Wildman–Crippen MR) is 80.5 cm³/mol. The monoisotopic (exact) mass is 313 g/mol. The molecule has 0 aliphatic carbocycles. The van der Waals surface area contributed by atoms with E-state index >= 15 is 0 Å². The summed E-state index contributed by atoms with van der Waals surface area (Å²) in [5.41, 5.74) is 0.446. The molecule has 100 valence electrons. The lowest BCUT2D eigenvalue weighted by Crippen LogP contribution is -2.12. The van der Waals surface area contributed by atoms with Gasteiger partial charge in [-0.1, -0.05) is 17.7 Å². The van der Waals surface area contributed by atoms with Crippen LogP contribution in [0.15, 0.2) is 58.3 Å². The molecule has 0 saturated heterocycles. The van der Waals surface area contributed by atoms with Crippen LogP contribution in [0.1, 0.15) is 0 Å². The number of benzene rings is 2. The highest BCUT2D eigenvalue weighted by Gasteiger charge is 2.13. The van der Waals surface area contributed by atoms with E-state index in [0.29, 0.717) is 10.7 Å². The molecule has 19 heavy (non-hydrogen) atoms. The minimum Gasteiger partial charge on any atom is -0.280 e. The Kier molecular flexibility index (Phi) is 4.39. The van der Waals surface area contributed by atoms with Gasteiger partial charge in [-0.25, -0.2) is 8.42 Å². The molecule has 0 spiro atoms. The summed E-state index contributed by atoms with van der Waals surface area (Å²) >= 11 is 7.38. The van der Waals surface area contributed by atoms with Crippen LogP contribution in [-0.4, -0.2) is 14.7 Å². The molecule has 2 aromatic rings. The first-order chi connectivity index (χ1) is 9.01. The molecule has 0 aromatic heterocycles. The zero-order chi connectivity index (χ0) is 13.9. The molecule has 0 unspecified atom stereocenters. The topological polar surface area (TPSA) is 46.2 Å². The van der Waals surface area contributed by atoms with E-state index in [1.54, 1.807) is 60.3 Å². The Hall–Kier alpha value is -1.17. The standard InChI is InChI=1S/C13H12ClNO2S2/c1-18-12-5-7-13(8-6-12)19(16,17)15-11-4-2-3-10(14)9-11/h2-9,15H,1H3. The molecule has 0 fully saturated rings. The summed E-state index contributed by atoms with van der Waals surface area (Å²) in [6, 6.07) is 13.3. The van der Waals surface area contributed by atoms with Crippen molar-refractivity contribution >= 4 is 39.1 Å². The van der Waals surface area contributed by atoms with Crippen LogP contribution in [0.4, 0.5) is 5.69 Å². The number of thioether (sulfide) groups is 1. The molecule has 0 amide bonds. The zero-order valence-electron chi connectivity index (χ0n) is 10.1. The lowest BCUT2D eigenvalue weighted by Gasteiger charge is -2.08. The highest BCUT2D eigenvalue weighted by atomic mass is 35.5. The zero-order valence-corrected chi connectivity index (χ0v) is 12.5. The molecule has 0 bridgehead atoms. The molecule has 0 saturated carbocycles. The number of sulfonamides is 1. The highest BCUT2D eigenvalue weighted by molar-refractivity contribution is 7.98. The van der Waals surface area contributed by atoms with Crippen molar-refractivity contribution in [2.45, 2.75) is 9.79 Å². The van der Waals surface area contributed by atoms with E-state index in [-0.39, 0.29) is 4.90 Å². The number of rotatable bonds is 4. The average Bonchev–Trinajstić information content (AvgIpc) is 2.38. The van der Waals surface area contributed by atoms with Gasteiger partial charge in [0.25, 0.3) is 10.0 Å². The van der Waals surface area contributed by atoms with E-state index in [9.17, 15) is 8.42 Å². The molecule has 0 radical (unpaired) electrons. The van der Waals surface area contributed by atoms with Gasteiger partial charge in [-0.15, -0.1) is 11.8 Å².